The lowest BCUT2D eigenvalue weighted by atomic mass is 9.81. The monoisotopic (exact) mass is 663 g/mol. The minimum Gasteiger partial charge on any atom is -0.311 e. The van der Waals surface area contributed by atoms with E-state index in [4.69, 9.17) is 0 Å². The van der Waals surface area contributed by atoms with Crippen LogP contribution in [0.5, 0.6) is 0 Å². The summed E-state index contributed by atoms with van der Waals surface area (Å²) in [5.41, 5.74) is 13.8. The van der Waals surface area contributed by atoms with Crippen molar-refractivity contribution in [2.45, 2.75) is 19.3 Å². The Bertz CT molecular complexity index is 2780. The maximum absolute atomic E-state index is 2.48. The number of benzene rings is 9. The van der Waals surface area contributed by atoms with Gasteiger partial charge in [0.25, 0.3) is 0 Å². The Labute approximate surface area is 305 Å². The van der Waals surface area contributed by atoms with Crippen LogP contribution in [0.3, 0.4) is 0 Å². The van der Waals surface area contributed by atoms with Gasteiger partial charge in [0, 0.05) is 22.5 Å². The van der Waals surface area contributed by atoms with Gasteiger partial charge in [-0.05, 0) is 131 Å². The van der Waals surface area contributed by atoms with E-state index in [1.54, 1.807) is 0 Å². The van der Waals surface area contributed by atoms with Gasteiger partial charge < -0.3 is 4.90 Å². The number of nitrogens with zero attached hydrogens (tertiary/aromatic N) is 1. The van der Waals surface area contributed by atoms with Crippen LogP contribution in [0.15, 0.2) is 188 Å². The molecule has 9 aromatic carbocycles. The summed E-state index contributed by atoms with van der Waals surface area (Å²) < 4.78 is 0. The van der Waals surface area contributed by atoms with Crippen LogP contribution >= 0.6 is 0 Å². The van der Waals surface area contributed by atoms with E-state index < -0.39 is 0 Å². The number of anilines is 3. The standard InChI is InChI=1S/C51H37N/c1-51(2)48-16-10-9-15-45(48)47-32-40-20-18-37-17-19-39-31-38(25-30-44(39)50(37)46(40)33-49(47)51)36-23-28-43(29-24-36)52(41-13-7-4-8-14-41)42-26-21-35(22-27-42)34-11-5-3-6-12-34/h3-33H,1-2H3. The van der Waals surface area contributed by atoms with E-state index >= 15 is 0 Å². The van der Waals surface area contributed by atoms with Gasteiger partial charge in [0.1, 0.15) is 0 Å². The van der Waals surface area contributed by atoms with Crippen LogP contribution in [0, 0.1) is 0 Å². The fraction of sp³-hybridized carbons (Fsp3) is 0.0588. The van der Waals surface area contributed by atoms with Gasteiger partial charge in [-0.1, -0.05) is 147 Å². The molecule has 1 nitrogen and oxygen atoms in total. The molecule has 0 amide bonds. The third kappa shape index (κ3) is 4.85. The van der Waals surface area contributed by atoms with Gasteiger partial charge in [0.15, 0.2) is 0 Å². The summed E-state index contributed by atoms with van der Waals surface area (Å²) in [6, 6.07) is 69.0. The summed E-state index contributed by atoms with van der Waals surface area (Å²) in [6.07, 6.45) is 0. The first-order chi connectivity index (χ1) is 25.5. The number of rotatable bonds is 5. The Morgan fingerprint density at radius 2 is 0.865 bits per heavy atom. The average molecular weight is 664 g/mol. The SMILES string of the molecule is CC1(C)c2ccccc2-c2cc3ccc4ccc5cc(-c6ccc(N(c7ccccc7)c7ccc(-c8ccccc8)cc7)cc6)ccc5c4c3cc21. The van der Waals surface area contributed by atoms with Gasteiger partial charge in [-0.2, -0.15) is 0 Å². The maximum Gasteiger partial charge on any atom is 0.0462 e. The Kier molecular flexibility index (Phi) is 6.91. The summed E-state index contributed by atoms with van der Waals surface area (Å²) in [4.78, 5) is 2.33. The molecule has 0 atom stereocenters. The van der Waals surface area contributed by atoms with E-state index in [1.165, 1.54) is 76.8 Å². The molecule has 0 unspecified atom stereocenters. The third-order valence-electron chi connectivity index (χ3n) is 11.2. The lowest BCUT2D eigenvalue weighted by Crippen LogP contribution is -2.14. The first-order valence-electron chi connectivity index (χ1n) is 18.2. The highest BCUT2D eigenvalue weighted by Crippen LogP contribution is 2.50. The Morgan fingerprint density at radius 3 is 1.56 bits per heavy atom. The topological polar surface area (TPSA) is 3.24 Å². The molecule has 0 saturated heterocycles. The van der Waals surface area contributed by atoms with E-state index in [2.05, 4.69) is 207 Å². The highest BCUT2D eigenvalue weighted by molar-refractivity contribution is 6.21. The molecule has 246 valence electrons. The van der Waals surface area contributed by atoms with Gasteiger partial charge in [0.05, 0.1) is 0 Å². The predicted octanol–water partition coefficient (Wildman–Crippen LogP) is 14.3. The molecule has 0 aliphatic heterocycles. The Hall–Kier alpha value is -6.44. The van der Waals surface area contributed by atoms with Crippen LogP contribution in [0.25, 0.3) is 65.7 Å². The quantitative estimate of drug-likeness (QED) is 0.166. The molecule has 0 fully saturated rings. The zero-order valence-corrected chi connectivity index (χ0v) is 29.3. The largest absolute Gasteiger partial charge is 0.311 e. The van der Waals surface area contributed by atoms with E-state index in [1.807, 2.05) is 0 Å². The third-order valence-corrected chi connectivity index (χ3v) is 11.2. The van der Waals surface area contributed by atoms with E-state index in [-0.39, 0.29) is 5.41 Å². The van der Waals surface area contributed by atoms with Crippen molar-refractivity contribution in [3.63, 3.8) is 0 Å². The number of fused-ring (bicyclic) bond motifs is 8. The molecule has 10 rings (SSSR count). The fourth-order valence-electron chi connectivity index (χ4n) is 8.52. The molecule has 0 radical (unpaired) electrons. The van der Waals surface area contributed by atoms with Crippen molar-refractivity contribution < 1.29 is 0 Å². The van der Waals surface area contributed by atoms with Crippen molar-refractivity contribution in [1.29, 1.82) is 0 Å². The lowest BCUT2D eigenvalue weighted by Gasteiger charge is -2.26. The molecule has 1 aliphatic rings. The van der Waals surface area contributed by atoms with E-state index in [0.29, 0.717) is 0 Å². The van der Waals surface area contributed by atoms with E-state index in [0.717, 1.165) is 17.1 Å². The summed E-state index contributed by atoms with van der Waals surface area (Å²) in [5.74, 6) is 0. The number of hydrogen-bond donors (Lipinski definition) is 0. The predicted molar refractivity (Wildman–Crippen MR) is 222 cm³/mol. The molecule has 9 aromatic rings. The minimum atomic E-state index is -0.0338. The number of para-hydroxylation sites is 1. The van der Waals surface area contributed by atoms with Crippen molar-refractivity contribution in [1.82, 2.24) is 0 Å². The van der Waals surface area contributed by atoms with Gasteiger partial charge in [-0.15, -0.1) is 0 Å². The van der Waals surface area contributed by atoms with Gasteiger partial charge >= 0.3 is 0 Å². The molecular weight excluding hydrogens is 627 g/mol. The lowest BCUT2D eigenvalue weighted by molar-refractivity contribution is 0.661. The minimum absolute atomic E-state index is 0.0338. The van der Waals surface area contributed by atoms with Crippen molar-refractivity contribution in [3.05, 3.63) is 199 Å². The van der Waals surface area contributed by atoms with Crippen LogP contribution in [0.2, 0.25) is 0 Å². The average Bonchev–Trinajstić information content (AvgIpc) is 3.43. The summed E-state index contributed by atoms with van der Waals surface area (Å²) >= 11 is 0. The van der Waals surface area contributed by atoms with Gasteiger partial charge in [0.2, 0.25) is 0 Å². The fourth-order valence-corrected chi connectivity index (χ4v) is 8.52. The molecule has 0 aromatic heterocycles. The molecular formula is C51H37N. The molecule has 0 heterocycles. The molecule has 1 aliphatic carbocycles. The van der Waals surface area contributed by atoms with Crippen LogP contribution in [0.4, 0.5) is 17.1 Å². The van der Waals surface area contributed by atoms with E-state index in [9.17, 15) is 0 Å². The van der Waals surface area contributed by atoms with Crippen LogP contribution in [0.1, 0.15) is 25.0 Å². The maximum atomic E-state index is 2.48. The zero-order valence-electron chi connectivity index (χ0n) is 29.3. The van der Waals surface area contributed by atoms with Crippen LogP contribution < -0.4 is 4.90 Å². The summed E-state index contributed by atoms with van der Waals surface area (Å²) in [6.45, 7) is 4.73. The van der Waals surface area contributed by atoms with Crippen molar-refractivity contribution in [3.8, 4) is 33.4 Å². The Morgan fingerprint density at radius 1 is 0.346 bits per heavy atom. The molecule has 1 heteroatoms. The molecule has 0 saturated carbocycles. The molecule has 0 bridgehead atoms. The number of hydrogen-bond acceptors (Lipinski definition) is 1. The highest BCUT2D eigenvalue weighted by Gasteiger charge is 2.35. The van der Waals surface area contributed by atoms with Crippen LogP contribution in [-0.2, 0) is 5.41 Å². The van der Waals surface area contributed by atoms with Crippen LogP contribution in [-0.4, -0.2) is 0 Å². The second-order valence-electron chi connectivity index (χ2n) is 14.6. The second-order valence-corrected chi connectivity index (χ2v) is 14.6. The second kappa shape index (κ2) is 11.8. The zero-order chi connectivity index (χ0) is 34.8. The summed E-state index contributed by atoms with van der Waals surface area (Å²) in [7, 11) is 0. The van der Waals surface area contributed by atoms with Crippen molar-refractivity contribution in [2.24, 2.45) is 0 Å². The van der Waals surface area contributed by atoms with Gasteiger partial charge in [-0.25, -0.2) is 0 Å². The smallest absolute Gasteiger partial charge is 0.0462 e. The Balaban J connectivity index is 1.03. The van der Waals surface area contributed by atoms with Crippen molar-refractivity contribution in [2.75, 3.05) is 4.90 Å². The molecule has 0 N–H and O–H groups in total. The first-order valence-corrected chi connectivity index (χ1v) is 18.2. The molecule has 52 heavy (non-hydrogen) atoms. The first kappa shape index (κ1) is 30.4. The summed E-state index contributed by atoms with van der Waals surface area (Å²) in [5, 5.41) is 7.80. The highest BCUT2D eigenvalue weighted by atomic mass is 15.1. The normalized spacial score (nSPS) is 13.0. The van der Waals surface area contributed by atoms with Gasteiger partial charge in [-0.3, -0.25) is 0 Å². The van der Waals surface area contributed by atoms with Crippen molar-refractivity contribution >= 4 is 49.4 Å². The molecule has 0 spiro atoms.